The Kier molecular flexibility index (Phi) is 4.31. The molecule has 0 saturated carbocycles. The highest BCUT2D eigenvalue weighted by molar-refractivity contribution is 7.97. The summed E-state index contributed by atoms with van der Waals surface area (Å²) >= 11 is 0. The molecule has 0 N–H and O–H groups in total. The first kappa shape index (κ1) is 13.3. The molecule has 0 bridgehead atoms. The Morgan fingerprint density at radius 3 is 1.37 bits per heavy atom. The van der Waals surface area contributed by atoms with E-state index in [2.05, 4.69) is 0 Å². The fourth-order valence-corrected chi connectivity index (χ4v) is 2.30. The van der Waals surface area contributed by atoms with E-state index in [1.54, 1.807) is 12.2 Å². The van der Waals surface area contributed by atoms with Gasteiger partial charge < -0.3 is 0 Å². The molecule has 2 aromatic carbocycles. The lowest BCUT2D eigenvalue weighted by Gasteiger charge is -1.93. The zero-order valence-electron chi connectivity index (χ0n) is 10.3. The maximum atomic E-state index is 11.8. The van der Waals surface area contributed by atoms with Crippen LogP contribution in [0, 0.1) is 0 Å². The Balaban J connectivity index is 2.12. The summed E-state index contributed by atoms with van der Waals surface area (Å²) in [5.74, 6) is 0. The second-order valence-corrected chi connectivity index (χ2v) is 5.74. The molecular weight excluding hydrogens is 256 g/mol. The molecule has 96 valence electrons. The largest absolute Gasteiger partial charge is 0.220 e. The van der Waals surface area contributed by atoms with Gasteiger partial charge in [0.1, 0.15) is 0 Å². The molecule has 0 spiro atoms. The van der Waals surface area contributed by atoms with Crippen LogP contribution >= 0.6 is 0 Å². The molecule has 2 rings (SSSR count). The maximum Gasteiger partial charge on any atom is 0.193 e. The van der Waals surface area contributed by atoms with Crippen LogP contribution in [0.2, 0.25) is 0 Å². The Bertz CT molecular complexity index is 614. The summed E-state index contributed by atoms with van der Waals surface area (Å²) in [5.41, 5.74) is 1.72. The minimum absolute atomic E-state index is 0.860. The minimum atomic E-state index is -3.34. The summed E-state index contributed by atoms with van der Waals surface area (Å²) in [6, 6.07) is 18.7. The van der Waals surface area contributed by atoms with Gasteiger partial charge >= 0.3 is 0 Å². The van der Waals surface area contributed by atoms with Crippen LogP contribution in [0.3, 0.4) is 0 Å². The smallest absolute Gasteiger partial charge is 0.193 e. The zero-order chi connectivity index (χ0) is 13.6. The van der Waals surface area contributed by atoms with Gasteiger partial charge in [-0.2, -0.15) is 0 Å². The van der Waals surface area contributed by atoms with Crippen LogP contribution in [0.4, 0.5) is 0 Å². The van der Waals surface area contributed by atoms with Crippen molar-refractivity contribution >= 4 is 22.0 Å². The third kappa shape index (κ3) is 4.56. The molecule has 0 aliphatic rings. The second-order valence-electron chi connectivity index (χ2n) is 4.02. The summed E-state index contributed by atoms with van der Waals surface area (Å²) in [6.45, 7) is 0. The molecule has 0 aliphatic carbocycles. The van der Waals surface area contributed by atoms with E-state index in [1.165, 1.54) is 10.8 Å². The van der Waals surface area contributed by atoms with Gasteiger partial charge in [0.05, 0.1) is 0 Å². The lowest BCUT2D eigenvalue weighted by atomic mass is 10.2. The van der Waals surface area contributed by atoms with E-state index in [0.717, 1.165) is 11.1 Å². The molecule has 0 amide bonds. The van der Waals surface area contributed by atoms with Crippen LogP contribution in [-0.4, -0.2) is 8.42 Å². The van der Waals surface area contributed by atoms with E-state index in [1.807, 2.05) is 60.7 Å². The summed E-state index contributed by atoms with van der Waals surface area (Å²) < 4.78 is 23.6. The molecule has 0 aliphatic heterocycles. The van der Waals surface area contributed by atoms with Gasteiger partial charge in [0.15, 0.2) is 9.84 Å². The first-order valence-electron chi connectivity index (χ1n) is 5.87. The Hall–Kier alpha value is -2.13. The van der Waals surface area contributed by atoms with Gasteiger partial charge in [-0.25, -0.2) is 8.42 Å². The highest BCUT2D eigenvalue weighted by Crippen LogP contribution is 2.07. The van der Waals surface area contributed by atoms with Crippen molar-refractivity contribution in [3.8, 4) is 0 Å². The third-order valence-electron chi connectivity index (χ3n) is 2.50. The van der Waals surface area contributed by atoms with Crippen LogP contribution in [0.5, 0.6) is 0 Å². The van der Waals surface area contributed by atoms with Crippen LogP contribution in [-0.2, 0) is 9.84 Å². The Labute approximate surface area is 113 Å². The van der Waals surface area contributed by atoms with Crippen LogP contribution in [0.1, 0.15) is 11.1 Å². The molecule has 0 atom stereocenters. The molecule has 0 saturated heterocycles. The molecule has 0 heterocycles. The summed E-state index contributed by atoms with van der Waals surface area (Å²) in [5, 5.41) is 2.42. The van der Waals surface area contributed by atoms with E-state index >= 15 is 0 Å². The molecular formula is C16H14O2S. The van der Waals surface area contributed by atoms with Gasteiger partial charge in [-0.15, -0.1) is 0 Å². The number of hydrogen-bond acceptors (Lipinski definition) is 2. The van der Waals surface area contributed by atoms with Crippen molar-refractivity contribution in [1.29, 1.82) is 0 Å². The highest BCUT2D eigenvalue weighted by Gasteiger charge is 1.99. The van der Waals surface area contributed by atoms with E-state index < -0.39 is 9.84 Å². The van der Waals surface area contributed by atoms with Gasteiger partial charge in [-0.3, -0.25) is 0 Å². The molecule has 0 radical (unpaired) electrons. The first-order chi connectivity index (χ1) is 9.16. The maximum absolute atomic E-state index is 11.8. The van der Waals surface area contributed by atoms with Crippen molar-refractivity contribution in [2.75, 3.05) is 0 Å². The van der Waals surface area contributed by atoms with E-state index in [9.17, 15) is 8.42 Å². The van der Waals surface area contributed by atoms with E-state index in [0.29, 0.717) is 0 Å². The molecule has 0 fully saturated rings. The average Bonchev–Trinajstić information content (AvgIpc) is 2.46. The molecule has 19 heavy (non-hydrogen) atoms. The molecule has 0 unspecified atom stereocenters. The van der Waals surface area contributed by atoms with Crippen LogP contribution in [0.15, 0.2) is 71.5 Å². The molecule has 0 aromatic heterocycles. The fraction of sp³-hybridized carbons (Fsp3) is 0. The van der Waals surface area contributed by atoms with E-state index in [4.69, 9.17) is 0 Å². The van der Waals surface area contributed by atoms with Crippen molar-refractivity contribution in [3.05, 3.63) is 82.6 Å². The van der Waals surface area contributed by atoms with Gasteiger partial charge in [-0.1, -0.05) is 60.7 Å². The predicted octanol–water partition coefficient (Wildman–Crippen LogP) is 3.74. The number of hydrogen-bond donors (Lipinski definition) is 0. The Morgan fingerprint density at radius 1 is 0.632 bits per heavy atom. The SMILES string of the molecule is O=S(=O)(C=Cc1ccccc1)/C=C\c1ccccc1. The first-order valence-corrected chi connectivity index (χ1v) is 7.48. The van der Waals surface area contributed by atoms with Gasteiger partial charge in [-0.05, 0) is 23.3 Å². The van der Waals surface area contributed by atoms with Crippen molar-refractivity contribution in [3.63, 3.8) is 0 Å². The summed E-state index contributed by atoms with van der Waals surface area (Å²) in [4.78, 5) is 0. The third-order valence-corrected chi connectivity index (χ3v) is 3.53. The normalized spacial score (nSPS) is 12.2. The Morgan fingerprint density at radius 2 is 1.00 bits per heavy atom. The van der Waals surface area contributed by atoms with Crippen molar-refractivity contribution < 1.29 is 8.42 Å². The molecule has 2 nitrogen and oxygen atoms in total. The van der Waals surface area contributed by atoms with Crippen molar-refractivity contribution in [2.24, 2.45) is 0 Å². The fourth-order valence-electron chi connectivity index (χ4n) is 1.52. The van der Waals surface area contributed by atoms with Gasteiger partial charge in [0.2, 0.25) is 0 Å². The van der Waals surface area contributed by atoms with Gasteiger partial charge in [0, 0.05) is 10.8 Å². The standard InChI is InChI=1S/C16H14O2S/c17-19(18,13-11-15-7-3-1-4-8-15)14-12-16-9-5-2-6-10-16/h1-14H/b13-11-,14-12?. The topological polar surface area (TPSA) is 34.1 Å². The number of sulfone groups is 1. The minimum Gasteiger partial charge on any atom is -0.220 e. The van der Waals surface area contributed by atoms with Crippen molar-refractivity contribution in [2.45, 2.75) is 0 Å². The summed E-state index contributed by atoms with van der Waals surface area (Å²) in [6.07, 6.45) is 3.18. The molecule has 2 aromatic rings. The predicted molar refractivity (Wildman–Crippen MR) is 79.9 cm³/mol. The van der Waals surface area contributed by atoms with Crippen LogP contribution in [0.25, 0.3) is 12.2 Å². The van der Waals surface area contributed by atoms with Gasteiger partial charge in [0.25, 0.3) is 0 Å². The highest BCUT2D eigenvalue weighted by atomic mass is 32.2. The molecule has 3 heteroatoms. The zero-order valence-corrected chi connectivity index (χ0v) is 11.1. The van der Waals surface area contributed by atoms with Crippen LogP contribution < -0.4 is 0 Å². The number of benzene rings is 2. The second kappa shape index (κ2) is 6.16. The quantitative estimate of drug-likeness (QED) is 0.848. The summed E-state index contributed by atoms with van der Waals surface area (Å²) in [7, 11) is -3.34. The van der Waals surface area contributed by atoms with E-state index in [-0.39, 0.29) is 0 Å². The number of rotatable bonds is 4. The monoisotopic (exact) mass is 270 g/mol. The van der Waals surface area contributed by atoms with Crippen molar-refractivity contribution in [1.82, 2.24) is 0 Å². The lowest BCUT2D eigenvalue weighted by Crippen LogP contribution is -1.87. The average molecular weight is 270 g/mol. The lowest BCUT2D eigenvalue weighted by molar-refractivity contribution is 0.613.